The normalized spacial score (nSPS) is 21.5. The molecule has 1 heterocycles. The molecule has 0 bridgehead atoms. The molecule has 1 atom stereocenters. The minimum absolute atomic E-state index is 0.0106. The number of carbonyl (C=O) groups is 2. The first kappa shape index (κ1) is 19.4. The van der Waals surface area contributed by atoms with Crippen molar-refractivity contribution in [1.29, 1.82) is 5.26 Å². The molecule has 1 unspecified atom stereocenters. The lowest BCUT2D eigenvalue weighted by molar-refractivity contribution is -0.139. The van der Waals surface area contributed by atoms with Crippen molar-refractivity contribution >= 4 is 21.7 Å². The number of carbonyl (C=O) groups excluding carboxylic acids is 2. The number of sulfone groups is 1. The van der Waals surface area contributed by atoms with E-state index < -0.39 is 22.4 Å². The molecule has 1 saturated heterocycles. The van der Waals surface area contributed by atoms with Gasteiger partial charge in [-0.1, -0.05) is 18.9 Å². The van der Waals surface area contributed by atoms with Crippen molar-refractivity contribution in [3.05, 3.63) is 35.4 Å². The summed E-state index contributed by atoms with van der Waals surface area (Å²) < 4.78 is 28.8. The second-order valence-corrected chi connectivity index (χ2v) is 9.29. The van der Waals surface area contributed by atoms with E-state index in [4.69, 9.17) is 10.00 Å². The van der Waals surface area contributed by atoms with Gasteiger partial charge in [0.1, 0.15) is 0 Å². The van der Waals surface area contributed by atoms with Crippen molar-refractivity contribution < 1.29 is 22.7 Å². The van der Waals surface area contributed by atoms with Crippen LogP contribution in [0.2, 0.25) is 0 Å². The van der Waals surface area contributed by atoms with Gasteiger partial charge in [0.2, 0.25) is 0 Å². The van der Waals surface area contributed by atoms with Gasteiger partial charge in [0, 0.05) is 12.1 Å². The Bertz CT molecular complexity index is 868. The zero-order valence-electron chi connectivity index (χ0n) is 15.0. The summed E-state index contributed by atoms with van der Waals surface area (Å²) in [4.78, 5) is 26.6. The molecular weight excluding hydrogens is 368 g/mol. The summed E-state index contributed by atoms with van der Waals surface area (Å²) in [6.07, 6.45) is 4.15. The van der Waals surface area contributed by atoms with Crippen LogP contribution in [0.1, 0.15) is 48.0 Å². The molecule has 0 spiro atoms. The molecule has 27 heavy (non-hydrogen) atoms. The fourth-order valence-electron chi connectivity index (χ4n) is 3.88. The van der Waals surface area contributed by atoms with Crippen molar-refractivity contribution in [3.63, 3.8) is 0 Å². The minimum Gasteiger partial charge on any atom is -0.452 e. The number of rotatable bonds is 5. The number of benzene rings is 1. The Morgan fingerprint density at radius 3 is 2.56 bits per heavy atom. The lowest BCUT2D eigenvalue weighted by atomic mass is 10.1. The van der Waals surface area contributed by atoms with Crippen LogP contribution in [-0.2, 0) is 19.4 Å². The number of hydrogen-bond donors (Lipinski definition) is 0. The first-order chi connectivity index (χ1) is 12.9. The molecule has 1 saturated carbocycles. The topological polar surface area (TPSA) is 105 Å². The van der Waals surface area contributed by atoms with E-state index >= 15 is 0 Å². The Kier molecular flexibility index (Phi) is 5.80. The highest BCUT2D eigenvalue weighted by Gasteiger charge is 2.39. The molecule has 1 aromatic carbocycles. The smallest absolute Gasteiger partial charge is 0.338 e. The van der Waals surface area contributed by atoms with Crippen molar-refractivity contribution in [2.45, 2.75) is 44.2 Å². The second-order valence-electron chi connectivity index (χ2n) is 7.06. The summed E-state index contributed by atoms with van der Waals surface area (Å²) in [5.41, 5.74) is 0.539. The highest BCUT2D eigenvalue weighted by Crippen LogP contribution is 2.29. The summed E-state index contributed by atoms with van der Waals surface area (Å²) in [5.74, 6) is -0.956. The van der Waals surface area contributed by atoms with E-state index in [-0.39, 0.29) is 35.1 Å². The van der Waals surface area contributed by atoms with E-state index in [1.807, 2.05) is 6.07 Å². The molecular formula is C19H22N2O5S. The number of nitriles is 1. The molecule has 0 aromatic heterocycles. The van der Waals surface area contributed by atoms with Crippen molar-refractivity contribution in [2.24, 2.45) is 0 Å². The maximum atomic E-state index is 12.8. The fourth-order valence-corrected chi connectivity index (χ4v) is 5.59. The quantitative estimate of drug-likeness (QED) is 0.708. The average Bonchev–Trinajstić information content (AvgIpc) is 3.30. The summed E-state index contributed by atoms with van der Waals surface area (Å²) in [6, 6.07) is 7.69. The molecule has 1 aliphatic carbocycles. The van der Waals surface area contributed by atoms with Gasteiger partial charge in [0.25, 0.3) is 5.91 Å². The number of amides is 1. The van der Waals surface area contributed by atoms with E-state index in [0.717, 1.165) is 25.7 Å². The van der Waals surface area contributed by atoms with Crippen molar-refractivity contribution in [3.8, 4) is 6.07 Å². The molecule has 3 rings (SSSR count). The molecule has 2 fully saturated rings. The monoisotopic (exact) mass is 390 g/mol. The predicted molar refractivity (Wildman–Crippen MR) is 97.6 cm³/mol. The standard InChI is InChI=1S/C19H22N2O5S/c20-11-14-4-3-5-15(10-14)19(23)26-12-18(22)21(16-6-1-2-7-16)17-8-9-27(24,25)13-17/h3-5,10,16-17H,1-2,6-9,12-13H2. The van der Waals surface area contributed by atoms with Gasteiger partial charge in [0.15, 0.2) is 16.4 Å². The Labute approximate surface area is 158 Å². The van der Waals surface area contributed by atoms with E-state index in [1.54, 1.807) is 17.0 Å². The summed E-state index contributed by atoms with van der Waals surface area (Å²) in [5, 5.41) is 8.91. The van der Waals surface area contributed by atoms with Gasteiger partial charge >= 0.3 is 5.97 Å². The summed E-state index contributed by atoms with van der Waals surface area (Å²) >= 11 is 0. The Morgan fingerprint density at radius 1 is 1.19 bits per heavy atom. The van der Waals surface area contributed by atoms with E-state index in [2.05, 4.69) is 0 Å². The van der Waals surface area contributed by atoms with Gasteiger partial charge in [0.05, 0.1) is 28.7 Å². The molecule has 0 N–H and O–H groups in total. The van der Waals surface area contributed by atoms with Gasteiger partial charge in [-0.2, -0.15) is 5.26 Å². The molecule has 7 nitrogen and oxygen atoms in total. The second kappa shape index (κ2) is 8.09. The van der Waals surface area contributed by atoms with Crippen LogP contribution in [0.3, 0.4) is 0 Å². The lowest BCUT2D eigenvalue weighted by Gasteiger charge is -2.33. The molecule has 2 aliphatic rings. The molecule has 1 aromatic rings. The van der Waals surface area contributed by atoms with Crippen LogP contribution >= 0.6 is 0 Å². The predicted octanol–water partition coefficient (Wildman–Crippen LogP) is 1.67. The van der Waals surface area contributed by atoms with Gasteiger partial charge in [-0.15, -0.1) is 0 Å². The van der Waals surface area contributed by atoms with Crippen LogP contribution in [0.15, 0.2) is 24.3 Å². The molecule has 144 valence electrons. The highest BCUT2D eigenvalue weighted by atomic mass is 32.2. The van der Waals surface area contributed by atoms with Gasteiger partial charge in [-0.3, -0.25) is 4.79 Å². The first-order valence-corrected chi connectivity index (χ1v) is 10.9. The zero-order chi connectivity index (χ0) is 19.4. The molecule has 1 amide bonds. The van der Waals surface area contributed by atoms with Crippen LogP contribution in [0.5, 0.6) is 0 Å². The van der Waals surface area contributed by atoms with Crippen molar-refractivity contribution in [1.82, 2.24) is 4.90 Å². The van der Waals surface area contributed by atoms with Crippen LogP contribution in [0.4, 0.5) is 0 Å². The summed E-state index contributed by atoms with van der Waals surface area (Å²) in [7, 11) is -3.12. The first-order valence-electron chi connectivity index (χ1n) is 9.08. The fraction of sp³-hybridized carbons (Fsp3) is 0.526. The number of esters is 1. The van der Waals surface area contributed by atoms with Crippen LogP contribution in [0.25, 0.3) is 0 Å². The largest absolute Gasteiger partial charge is 0.452 e. The van der Waals surface area contributed by atoms with Crippen LogP contribution < -0.4 is 0 Å². The van der Waals surface area contributed by atoms with Gasteiger partial charge in [-0.05, 0) is 37.5 Å². The Morgan fingerprint density at radius 2 is 1.93 bits per heavy atom. The highest BCUT2D eigenvalue weighted by molar-refractivity contribution is 7.91. The van der Waals surface area contributed by atoms with Gasteiger partial charge < -0.3 is 9.64 Å². The molecule has 8 heteroatoms. The van der Waals surface area contributed by atoms with E-state index in [9.17, 15) is 18.0 Å². The third-order valence-corrected chi connectivity index (χ3v) is 6.91. The number of nitrogens with zero attached hydrogens (tertiary/aromatic N) is 2. The Balaban J connectivity index is 1.67. The molecule has 0 radical (unpaired) electrons. The maximum absolute atomic E-state index is 12.8. The lowest BCUT2D eigenvalue weighted by Crippen LogP contribution is -2.48. The average molecular weight is 390 g/mol. The Hall–Kier alpha value is -2.40. The van der Waals surface area contributed by atoms with Crippen LogP contribution in [-0.4, -0.2) is 55.4 Å². The third-order valence-electron chi connectivity index (χ3n) is 5.16. The molecule has 1 aliphatic heterocycles. The van der Waals surface area contributed by atoms with Crippen LogP contribution in [0, 0.1) is 11.3 Å². The minimum atomic E-state index is -3.12. The SMILES string of the molecule is N#Cc1cccc(C(=O)OCC(=O)N(C2CCCC2)C2CCS(=O)(=O)C2)c1. The third kappa shape index (κ3) is 4.66. The number of ether oxygens (including phenoxy) is 1. The van der Waals surface area contributed by atoms with E-state index in [1.165, 1.54) is 12.1 Å². The zero-order valence-corrected chi connectivity index (χ0v) is 15.8. The van der Waals surface area contributed by atoms with Gasteiger partial charge in [-0.25, -0.2) is 13.2 Å². The summed E-state index contributed by atoms with van der Waals surface area (Å²) in [6.45, 7) is -0.428. The van der Waals surface area contributed by atoms with E-state index in [0.29, 0.717) is 12.0 Å². The maximum Gasteiger partial charge on any atom is 0.338 e. The van der Waals surface area contributed by atoms with Crippen molar-refractivity contribution in [2.75, 3.05) is 18.1 Å². The number of hydrogen-bond acceptors (Lipinski definition) is 6.